The number of aliphatic hydroxyl groups excluding tert-OH is 1. The fraction of sp³-hybridized carbons (Fsp3) is 0.900. The van der Waals surface area contributed by atoms with Gasteiger partial charge < -0.3 is 16.0 Å². The van der Waals surface area contributed by atoms with E-state index < -0.39 is 0 Å². The van der Waals surface area contributed by atoms with E-state index in [4.69, 9.17) is 10.9 Å². The van der Waals surface area contributed by atoms with Gasteiger partial charge in [-0.1, -0.05) is 18.0 Å². The number of nitrogens with zero attached hydrogens (tertiary/aromatic N) is 2. The topological polar surface area (TPSA) is 82.1 Å². The highest BCUT2D eigenvalue weighted by Crippen LogP contribution is 2.23. The van der Waals surface area contributed by atoms with Crippen LogP contribution in [0.15, 0.2) is 5.16 Å². The summed E-state index contributed by atoms with van der Waals surface area (Å²) in [4.78, 5) is 1.98. The number of hydrogen-bond donors (Lipinski definition) is 3. The molecule has 0 saturated heterocycles. The quantitative estimate of drug-likeness (QED) is 0.275. The first kappa shape index (κ1) is 12.3. The lowest BCUT2D eigenvalue weighted by Gasteiger charge is -2.38. The van der Waals surface area contributed by atoms with E-state index in [0.717, 1.165) is 25.7 Å². The maximum atomic E-state index is 9.86. The second kappa shape index (κ2) is 5.32. The minimum absolute atomic E-state index is 0.119. The molecule has 15 heavy (non-hydrogen) atoms. The van der Waals surface area contributed by atoms with Crippen LogP contribution in [0.5, 0.6) is 0 Å². The predicted molar refractivity (Wildman–Crippen MR) is 58.9 cm³/mol. The molecule has 0 aliphatic heterocycles. The number of rotatable bonds is 3. The molecule has 0 aromatic heterocycles. The van der Waals surface area contributed by atoms with Gasteiger partial charge in [0.2, 0.25) is 0 Å². The smallest absolute Gasteiger partial charge is 0.156 e. The van der Waals surface area contributed by atoms with Crippen molar-refractivity contribution in [2.75, 3.05) is 7.05 Å². The molecule has 3 unspecified atom stereocenters. The van der Waals surface area contributed by atoms with Gasteiger partial charge in [-0.25, -0.2) is 0 Å². The Morgan fingerprint density at radius 1 is 1.47 bits per heavy atom. The van der Waals surface area contributed by atoms with Crippen molar-refractivity contribution >= 4 is 5.84 Å². The van der Waals surface area contributed by atoms with Crippen LogP contribution in [0.2, 0.25) is 0 Å². The van der Waals surface area contributed by atoms with Crippen molar-refractivity contribution in [3.8, 4) is 0 Å². The van der Waals surface area contributed by atoms with E-state index >= 15 is 0 Å². The minimum atomic E-state index is -0.294. The first-order chi connectivity index (χ1) is 7.07. The Bertz CT molecular complexity index is 233. The Morgan fingerprint density at radius 2 is 2.07 bits per heavy atom. The Balaban J connectivity index is 2.61. The zero-order chi connectivity index (χ0) is 11.4. The molecule has 1 rings (SSSR count). The van der Waals surface area contributed by atoms with Crippen molar-refractivity contribution < 1.29 is 10.3 Å². The maximum Gasteiger partial charge on any atom is 0.156 e. The Kier molecular flexibility index (Phi) is 4.35. The van der Waals surface area contributed by atoms with Crippen molar-refractivity contribution in [2.45, 2.75) is 50.8 Å². The zero-order valence-corrected chi connectivity index (χ0v) is 9.43. The lowest BCUT2D eigenvalue weighted by Crippen LogP contribution is -2.51. The van der Waals surface area contributed by atoms with E-state index in [1.807, 2.05) is 18.9 Å². The molecule has 1 aliphatic rings. The fourth-order valence-electron chi connectivity index (χ4n) is 2.15. The molecule has 0 spiro atoms. The SMILES string of the molecule is CC(C(N)=NO)N(C)C1CCCCC1O. The molecule has 1 fully saturated rings. The number of aliphatic hydroxyl groups is 1. The van der Waals surface area contributed by atoms with Gasteiger partial charge in [-0.05, 0) is 26.8 Å². The standard InChI is InChI=1S/C10H21N3O2/c1-7(10(11)12-15)13(2)8-5-3-4-6-9(8)14/h7-9,14-15H,3-6H2,1-2H3,(H2,11,12). The molecule has 0 amide bonds. The molecule has 5 nitrogen and oxygen atoms in total. The van der Waals surface area contributed by atoms with Crippen LogP contribution in [0.1, 0.15) is 32.6 Å². The van der Waals surface area contributed by atoms with Crippen molar-refractivity contribution in [1.29, 1.82) is 0 Å². The van der Waals surface area contributed by atoms with E-state index in [1.54, 1.807) is 0 Å². The maximum absolute atomic E-state index is 9.86. The van der Waals surface area contributed by atoms with Gasteiger partial charge in [0, 0.05) is 6.04 Å². The molecule has 0 aromatic carbocycles. The summed E-state index contributed by atoms with van der Waals surface area (Å²) in [5.41, 5.74) is 5.55. The highest BCUT2D eigenvalue weighted by molar-refractivity contribution is 5.84. The third-order valence-corrected chi connectivity index (χ3v) is 3.37. The van der Waals surface area contributed by atoms with Crippen LogP contribution in [0, 0.1) is 0 Å². The molecule has 5 heteroatoms. The molecule has 3 atom stereocenters. The van der Waals surface area contributed by atoms with Gasteiger partial charge in [-0.2, -0.15) is 0 Å². The summed E-state index contributed by atoms with van der Waals surface area (Å²) in [5, 5.41) is 21.5. The number of amidine groups is 1. The van der Waals surface area contributed by atoms with Crippen LogP contribution >= 0.6 is 0 Å². The van der Waals surface area contributed by atoms with Gasteiger partial charge in [-0.3, -0.25) is 4.90 Å². The van der Waals surface area contributed by atoms with E-state index in [-0.39, 0.29) is 24.0 Å². The molecule has 0 heterocycles. The summed E-state index contributed by atoms with van der Waals surface area (Å²) >= 11 is 0. The van der Waals surface area contributed by atoms with Gasteiger partial charge >= 0.3 is 0 Å². The van der Waals surface area contributed by atoms with Crippen LogP contribution in [-0.4, -0.2) is 46.3 Å². The van der Waals surface area contributed by atoms with Gasteiger partial charge in [0.25, 0.3) is 0 Å². The van der Waals surface area contributed by atoms with Gasteiger partial charge in [-0.15, -0.1) is 0 Å². The molecule has 4 N–H and O–H groups in total. The number of nitrogens with two attached hydrogens (primary N) is 1. The summed E-state index contributed by atoms with van der Waals surface area (Å²) in [6.45, 7) is 1.87. The monoisotopic (exact) mass is 215 g/mol. The van der Waals surface area contributed by atoms with Gasteiger partial charge in [0.1, 0.15) is 0 Å². The third-order valence-electron chi connectivity index (χ3n) is 3.37. The van der Waals surface area contributed by atoms with Crippen molar-refractivity contribution in [3.63, 3.8) is 0 Å². The van der Waals surface area contributed by atoms with E-state index in [1.165, 1.54) is 0 Å². The summed E-state index contributed by atoms with van der Waals surface area (Å²) in [5.74, 6) is 0.190. The molecule has 1 aliphatic carbocycles. The van der Waals surface area contributed by atoms with Gasteiger partial charge in [0.05, 0.1) is 12.1 Å². The largest absolute Gasteiger partial charge is 0.409 e. The molecule has 0 bridgehead atoms. The van der Waals surface area contributed by atoms with Crippen LogP contribution in [0.25, 0.3) is 0 Å². The average molecular weight is 215 g/mol. The predicted octanol–water partition coefficient (Wildman–Crippen LogP) is 0.357. The molecule has 0 radical (unpaired) electrons. The van der Waals surface area contributed by atoms with Gasteiger partial charge in [0.15, 0.2) is 5.84 Å². The first-order valence-corrected chi connectivity index (χ1v) is 5.45. The van der Waals surface area contributed by atoms with Crippen LogP contribution in [0.4, 0.5) is 0 Å². The van der Waals surface area contributed by atoms with Crippen molar-refractivity contribution in [2.24, 2.45) is 10.9 Å². The Labute approximate surface area is 90.6 Å². The number of oxime groups is 1. The van der Waals surface area contributed by atoms with Crippen LogP contribution < -0.4 is 5.73 Å². The molecular weight excluding hydrogens is 194 g/mol. The average Bonchev–Trinajstić information content (AvgIpc) is 2.26. The second-order valence-corrected chi connectivity index (χ2v) is 4.29. The summed E-state index contributed by atoms with van der Waals surface area (Å²) in [7, 11) is 1.90. The van der Waals surface area contributed by atoms with E-state index in [0.29, 0.717) is 0 Å². The summed E-state index contributed by atoms with van der Waals surface area (Å²) < 4.78 is 0. The number of likely N-dealkylation sites (N-methyl/N-ethyl adjacent to an activating group) is 1. The van der Waals surface area contributed by atoms with E-state index in [9.17, 15) is 5.11 Å². The normalized spacial score (nSPS) is 30.5. The van der Waals surface area contributed by atoms with Crippen LogP contribution in [-0.2, 0) is 0 Å². The Hall–Kier alpha value is -0.810. The summed E-state index contributed by atoms with van der Waals surface area (Å²) in [6.07, 6.45) is 3.74. The zero-order valence-electron chi connectivity index (χ0n) is 9.43. The minimum Gasteiger partial charge on any atom is -0.409 e. The molecule has 0 aromatic rings. The van der Waals surface area contributed by atoms with E-state index in [2.05, 4.69) is 5.16 Å². The van der Waals surface area contributed by atoms with Crippen molar-refractivity contribution in [3.05, 3.63) is 0 Å². The van der Waals surface area contributed by atoms with Crippen molar-refractivity contribution in [1.82, 2.24) is 4.90 Å². The third kappa shape index (κ3) is 2.82. The second-order valence-electron chi connectivity index (χ2n) is 4.29. The Morgan fingerprint density at radius 3 is 2.60 bits per heavy atom. The molecule has 1 saturated carbocycles. The highest BCUT2D eigenvalue weighted by atomic mass is 16.4. The molecular formula is C10H21N3O2. The lowest BCUT2D eigenvalue weighted by atomic mass is 9.91. The fourth-order valence-corrected chi connectivity index (χ4v) is 2.15. The first-order valence-electron chi connectivity index (χ1n) is 5.45. The highest BCUT2D eigenvalue weighted by Gasteiger charge is 2.30. The number of hydrogen-bond acceptors (Lipinski definition) is 4. The summed E-state index contributed by atoms with van der Waals surface area (Å²) in [6, 6.07) is -0.0261. The lowest BCUT2D eigenvalue weighted by molar-refractivity contribution is 0.0260. The van der Waals surface area contributed by atoms with Crippen LogP contribution in [0.3, 0.4) is 0 Å². The molecule has 88 valence electrons.